The molecule has 0 aliphatic heterocycles. The van der Waals surface area contributed by atoms with Crippen LogP contribution in [0.15, 0.2) is 24.3 Å². The molecule has 92 valence electrons. The lowest BCUT2D eigenvalue weighted by atomic mass is 10.3. The van der Waals surface area contributed by atoms with Gasteiger partial charge in [0, 0.05) is 25.7 Å². The molecule has 5 nitrogen and oxygen atoms in total. The number of hydrogen-bond donors (Lipinski definition) is 3. The molecule has 0 saturated heterocycles. The van der Waals surface area contributed by atoms with E-state index >= 15 is 0 Å². The minimum Gasteiger partial charge on any atom is -0.388 e. The van der Waals surface area contributed by atoms with Crippen LogP contribution in [0.3, 0.4) is 0 Å². The van der Waals surface area contributed by atoms with E-state index in [-0.39, 0.29) is 17.7 Å². The van der Waals surface area contributed by atoms with Crippen molar-refractivity contribution in [3.63, 3.8) is 0 Å². The zero-order valence-electron chi connectivity index (χ0n) is 9.53. The SMILES string of the molecule is CN(CCC(=N)N)C(=O)Nc1ccc(F)cc1. The quantitative estimate of drug-likeness (QED) is 0.550. The molecule has 0 atom stereocenters. The van der Waals surface area contributed by atoms with Crippen LogP contribution in [0.1, 0.15) is 6.42 Å². The third-order valence-electron chi connectivity index (χ3n) is 2.16. The zero-order chi connectivity index (χ0) is 12.8. The van der Waals surface area contributed by atoms with Gasteiger partial charge in [-0.25, -0.2) is 9.18 Å². The van der Waals surface area contributed by atoms with Crippen molar-refractivity contribution in [1.82, 2.24) is 4.90 Å². The van der Waals surface area contributed by atoms with Gasteiger partial charge in [0.25, 0.3) is 0 Å². The molecule has 1 aromatic rings. The van der Waals surface area contributed by atoms with Crippen molar-refractivity contribution in [3.8, 4) is 0 Å². The third-order valence-corrected chi connectivity index (χ3v) is 2.16. The van der Waals surface area contributed by atoms with Crippen molar-refractivity contribution >= 4 is 17.6 Å². The van der Waals surface area contributed by atoms with E-state index in [1.165, 1.54) is 29.2 Å². The highest BCUT2D eigenvalue weighted by Gasteiger charge is 2.08. The Labute approximate surface area is 98.9 Å². The Morgan fingerprint density at radius 2 is 2.06 bits per heavy atom. The molecule has 4 N–H and O–H groups in total. The Balaban J connectivity index is 2.48. The van der Waals surface area contributed by atoms with E-state index < -0.39 is 0 Å². The number of amides is 2. The molecule has 1 aromatic carbocycles. The van der Waals surface area contributed by atoms with Crippen molar-refractivity contribution < 1.29 is 9.18 Å². The maximum Gasteiger partial charge on any atom is 0.321 e. The van der Waals surface area contributed by atoms with Crippen molar-refractivity contribution in [3.05, 3.63) is 30.1 Å². The number of nitrogens with zero attached hydrogens (tertiary/aromatic N) is 1. The van der Waals surface area contributed by atoms with E-state index in [0.29, 0.717) is 18.7 Å². The molecule has 0 fully saturated rings. The molecule has 0 aliphatic carbocycles. The Morgan fingerprint density at radius 3 is 2.59 bits per heavy atom. The van der Waals surface area contributed by atoms with Gasteiger partial charge in [0.05, 0.1) is 5.84 Å². The van der Waals surface area contributed by atoms with Gasteiger partial charge < -0.3 is 16.0 Å². The average Bonchev–Trinajstić information content (AvgIpc) is 2.28. The van der Waals surface area contributed by atoms with Crippen LogP contribution in [0.5, 0.6) is 0 Å². The van der Waals surface area contributed by atoms with Crippen molar-refractivity contribution in [2.24, 2.45) is 5.73 Å². The fourth-order valence-corrected chi connectivity index (χ4v) is 1.14. The first kappa shape index (κ1) is 13.0. The van der Waals surface area contributed by atoms with Gasteiger partial charge in [-0.1, -0.05) is 0 Å². The van der Waals surface area contributed by atoms with Crippen LogP contribution in [0.25, 0.3) is 0 Å². The molecule has 0 aromatic heterocycles. The number of hydrogen-bond acceptors (Lipinski definition) is 2. The summed E-state index contributed by atoms with van der Waals surface area (Å²) < 4.78 is 12.6. The number of nitrogens with two attached hydrogens (primary N) is 1. The first-order chi connectivity index (χ1) is 7.99. The summed E-state index contributed by atoms with van der Waals surface area (Å²) in [7, 11) is 1.60. The molecule has 6 heteroatoms. The normalized spacial score (nSPS) is 9.76. The first-order valence-electron chi connectivity index (χ1n) is 5.09. The van der Waals surface area contributed by atoms with Crippen LogP contribution in [-0.4, -0.2) is 30.4 Å². The number of rotatable bonds is 4. The van der Waals surface area contributed by atoms with E-state index in [2.05, 4.69) is 5.32 Å². The summed E-state index contributed by atoms with van der Waals surface area (Å²) in [6, 6.07) is 5.17. The van der Waals surface area contributed by atoms with Crippen molar-refractivity contribution in [2.45, 2.75) is 6.42 Å². The summed E-state index contributed by atoms with van der Waals surface area (Å²) in [6.07, 6.45) is 0.327. The number of carbonyl (C=O) groups is 1. The molecule has 1 rings (SSSR count). The number of benzene rings is 1. The van der Waals surface area contributed by atoms with Gasteiger partial charge in [-0.2, -0.15) is 0 Å². The maximum atomic E-state index is 12.6. The minimum atomic E-state index is -0.354. The number of nitrogens with one attached hydrogen (secondary N) is 2. The van der Waals surface area contributed by atoms with Crippen LogP contribution in [-0.2, 0) is 0 Å². The lowest BCUT2D eigenvalue weighted by Crippen LogP contribution is -2.33. The second-order valence-electron chi connectivity index (χ2n) is 3.63. The topological polar surface area (TPSA) is 82.2 Å². The highest BCUT2D eigenvalue weighted by molar-refractivity contribution is 5.89. The highest BCUT2D eigenvalue weighted by Crippen LogP contribution is 2.08. The molecule has 0 unspecified atom stereocenters. The largest absolute Gasteiger partial charge is 0.388 e. The Kier molecular flexibility index (Phi) is 4.45. The number of halogens is 1. The molecule has 0 bridgehead atoms. The van der Waals surface area contributed by atoms with Gasteiger partial charge in [-0.3, -0.25) is 5.41 Å². The summed E-state index contributed by atoms with van der Waals surface area (Å²) >= 11 is 0. The van der Waals surface area contributed by atoms with Crippen LogP contribution < -0.4 is 11.1 Å². The molecule has 17 heavy (non-hydrogen) atoms. The summed E-state index contributed by atoms with van der Waals surface area (Å²) in [5.41, 5.74) is 5.71. The van der Waals surface area contributed by atoms with E-state index in [1.54, 1.807) is 7.05 Å². The summed E-state index contributed by atoms with van der Waals surface area (Å²) in [5, 5.41) is 9.65. The van der Waals surface area contributed by atoms with Gasteiger partial charge in [0.2, 0.25) is 0 Å². The standard InChI is InChI=1S/C11H15FN4O/c1-16(7-6-10(13)14)11(17)15-9-4-2-8(12)3-5-9/h2-5H,6-7H2,1H3,(H3,13,14)(H,15,17). The second-order valence-corrected chi connectivity index (χ2v) is 3.63. The highest BCUT2D eigenvalue weighted by atomic mass is 19.1. The smallest absolute Gasteiger partial charge is 0.321 e. The number of anilines is 1. The van der Waals surface area contributed by atoms with Gasteiger partial charge in [0.15, 0.2) is 0 Å². The molecule has 0 radical (unpaired) electrons. The summed E-state index contributed by atoms with van der Waals surface area (Å²) in [5.74, 6) is -0.320. The van der Waals surface area contributed by atoms with Gasteiger partial charge >= 0.3 is 6.03 Å². The van der Waals surface area contributed by atoms with Gasteiger partial charge in [-0.05, 0) is 24.3 Å². The van der Waals surface area contributed by atoms with Crippen molar-refractivity contribution in [1.29, 1.82) is 5.41 Å². The molecule has 0 heterocycles. The van der Waals surface area contributed by atoms with E-state index in [9.17, 15) is 9.18 Å². The molecule has 2 amide bonds. The molecular formula is C11H15FN4O. The van der Waals surface area contributed by atoms with Crippen LogP contribution >= 0.6 is 0 Å². The molecule has 0 aliphatic rings. The van der Waals surface area contributed by atoms with Crippen LogP contribution in [0.4, 0.5) is 14.9 Å². The fourth-order valence-electron chi connectivity index (χ4n) is 1.14. The molecule has 0 saturated carbocycles. The van der Waals surface area contributed by atoms with Gasteiger partial charge in [0.1, 0.15) is 5.82 Å². The Bertz CT molecular complexity index is 404. The lowest BCUT2D eigenvalue weighted by Gasteiger charge is -2.17. The molecule has 0 spiro atoms. The maximum absolute atomic E-state index is 12.6. The summed E-state index contributed by atoms with van der Waals surface area (Å²) in [4.78, 5) is 13.0. The minimum absolute atomic E-state index is 0.0337. The number of amidine groups is 1. The van der Waals surface area contributed by atoms with Crippen LogP contribution in [0.2, 0.25) is 0 Å². The second kappa shape index (κ2) is 5.83. The zero-order valence-corrected chi connectivity index (χ0v) is 9.53. The third kappa shape index (κ3) is 4.50. The summed E-state index contributed by atoms with van der Waals surface area (Å²) in [6.45, 7) is 0.363. The Morgan fingerprint density at radius 1 is 1.47 bits per heavy atom. The molecular weight excluding hydrogens is 223 g/mol. The number of carbonyl (C=O) groups excluding carboxylic acids is 1. The average molecular weight is 238 g/mol. The lowest BCUT2D eigenvalue weighted by molar-refractivity contribution is 0.223. The van der Waals surface area contributed by atoms with Crippen molar-refractivity contribution in [2.75, 3.05) is 18.9 Å². The first-order valence-corrected chi connectivity index (χ1v) is 5.09. The number of urea groups is 1. The predicted octanol–water partition coefficient (Wildman–Crippen LogP) is 1.62. The predicted molar refractivity (Wildman–Crippen MR) is 64.6 cm³/mol. The Hall–Kier alpha value is -2.11. The van der Waals surface area contributed by atoms with E-state index in [0.717, 1.165) is 0 Å². The van der Waals surface area contributed by atoms with Crippen LogP contribution in [0, 0.1) is 11.2 Å². The fraction of sp³-hybridized carbons (Fsp3) is 0.273. The monoisotopic (exact) mass is 238 g/mol. The van der Waals surface area contributed by atoms with E-state index in [1.807, 2.05) is 0 Å². The van der Waals surface area contributed by atoms with E-state index in [4.69, 9.17) is 11.1 Å². The van der Waals surface area contributed by atoms with Gasteiger partial charge in [-0.15, -0.1) is 0 Å².